The Morgan fingerprint density at radius 3 is 2.48 bits per heavy atom. The minimum atomic E-state index is -4.83. The van der Waals surface area contributed by atoms with Gasteiger partial charge in [-0.15, -0.1) is 0 Å². The molecule has 0 spiro atoms. The van der Waals surface area contributed by atoms with E-state index in [4.69, 9.17) is 10.5 Å². The van der Waals surface area contributed by atoms with Crippen molar-refractivity contribution in [3.8, 4) is 16.9 Å². The third-order valence-corrected chi connectivity index (χ3v) is 3.63. The van der Waals surface area contributed by atoms with Gasteiger partial charge in [0.15, 0.2) is 0 Å². The van der Waals surface area contributed by atoms with Crippen LogP contribution in [0.4, 0.5) is 13.2 Å². The summed E-state index contributed by atoms with van der Waals surface area (Å²) in [5, 5.41) is 3.67. The van der Waals surface area contributed by atoms with E-state index in [2.05, 4.69) is 9.68 Å². The number of halogens is 3. The summed E-state index contributed by atoms with van der Waals surface area (Å²) in [5.41, 5.74) is 2.31. The number of hydrogen-bond acceptors (Lipinski definition) is 5. The Morgan fingerprint density at radius 2 is 1.93 bits per heavy atom. The van der Waals surface area contributed by atoms with Gasteiger partial charge >= 0.3 is 6.18 Å². The number of primary amides is 1. The number of nitrogens with one attached hydrogen (secondary N) is 1. The molecular weight excluding hydrogens is 367 g/mol. The van der Waals surface area contributed by atoms with Gasteiger partial charge < -0.3 is 20.0 Å². The molecule has 0 aliphatic heterocycles. The fourth-order valence-corrected chi connectivity index (χ4v) is 2.36. The van der Waals surface area contributed by atoms with Crippen LogP contribution in [0.1, 0.15) is 21.7 Å². The van der Waals surface area contributed by atoms with E-state index in [9.17, 15) is 22.8 Å². The van der Waals surface area contributed by atoms with E-state index in [1.165, 1.54) is 30.5 Å². The highest BCUT2D eigenvalue weighted by molar-refractivity contribution is 5.93. The number of nitrogens with zero attached hydrogens (tertiary/aromatic N) is 1. The first-order valence-corrected chi connectivity index (χ1v) is 7.52. The molecule has 2 aromatic heterocycles. The maximum atomic E-state index is 13.3. The van der Waals surface area contributed by atoms with Crippen LogP contribution in [0.2, 0.25) is 0 Å². The molecule has 0 bridgehead atoms. The van der Waals surface area contributed by atoms with E-state index in [1.807, 2.05) is 0 Å². The zero-order chi connectivity index (χ0) is 19.6. The summed E-state index contributed by atoms with van der Waals surface area (Å²) < 4.78 is 49.9. The lowest BCUT2D eigenvalue weighted by Gasteiger charge is -2.14. The van der Waals surface area contributed by atoms with E-state index >= 15 is 0 Å². The minimum absolute atomic E-state index is 0.119. The molecule has 0 saturated heterocycles. The molecule has 0 aliphatic carbocycles. The molecule has 0 fully saturated rings. The largest absolute Gasteiger partial charge is 0.487 e. The lowest BCUT2D eigenvalue weighted by molar-refractivity contribution is -0.140. The van der Waals surface area contributed by atoms with Crippen molar-refractivity contribution in [3.63, 3.8) is 0 Å². The predicted molar refractivity (Wildman–Crippen MR) is 86.9 cm³/mol. The average molecular weight is 379 g/mol. The maximum Gasteiger partial charge on any atom is 0.431 e. The third kappa shape index (κ3) is 4.00. The van der Waals surface area contributed by atoms with Gasteiger partial charge in [0.25, 0.3) is 11.5 Å². The van der Waals surface area contributed by atoms with Gasteiger partial charge in [-0.1, -0.05) is 17.3 Å². The molecule has 7 nitrogen and oxygen atoms in total. The van der Waals surface area contributed by atoms with Crippen molar-refractivity contribution in [1.29, 1.82) is 0 Å². The van der Waals surface area contributed by atoms with Crippen molar-refractivity contribution in [2.45, 2.75) is 12.8 Å². The number of amides is 1. The van der Waals surface area contributed by atoms with Crippen LogP contribution in [0.5, 0.6) is 5.75 Å². The maximum absolute atomic E-state index is 13.3. The normalized spacial score (nSPS) is 11.4. The van der Waals surface area contributed by atoms with Gasteiger partial charge in [-0.3, -0.25) is 9.59 Å². The highest BCUT2D eigenvalue weighted by atomic mass is 19.4. The van der Waals surface area contributed by atoms with E-state index < -0.39 is 28.9 Å². The number of nitrogens with two attached hydrogens (primary N) is 1. The number of hydrogen-bond donors (Lipinski definition) is 2. The van der Waals surface area contributed by atoms with Gasteiger partial charge in [0, 0.05) is 11.6 Å². The summed E-state index contributed by atoms with van der Waals surface area (Å²) in [6.45, 7) is 0.119. The molecule has 3 rings (SSSR count). The molecule has 0 unspecified atom stereocenters. The molecule has 0 radical (unpaired) electrons. The second-order valence-electron chi connectivity index (χ2n) is 5.47. The van der Waals surface area contributed by atoms with Gasteiger partial charge in [-0.05, 0) is 23.8 Å². The van der Waals surface area contributed by atoms with Crippen molar-refractivity contribution in [2.24, 2.45) is 5.73 Å². The number of aromatic nitrogens is 2. The second-order valence-corrected chi connectivity index (χ2v) is 5.47. The lowest BCUT2D eigenvalue weighted by atomic mass is 10.0. The monoisotopic (exact) mass is 379 g/mol. The molecule has 2 heterocycles. The van der Waals surface area contributed by atoms with E-state index in [-0.39, 0.29) is 17.7 Å². The van der Waals surface area contributed by atoms with Crippen LogP contribution >= 0.6 is 0 Å². The number of carbonyl (C=O) groups is 1. The molecule has 0 aliphatic rings. The Bertz CT molecular complexity index is 1010. The second kappa shape index (κ2) is 6.98. The summed E-state index contributed by atoms with van der Waals surface area (Å²) in [6.07, 6.45) is -3.44. The molecule has 10 heteroatoms. The number of ether oxygens (including phenoxy) is 1. The van der Waals surface area contributed by atoms with Crippen LogP contribution in [-0.4, -0.2) is 16.0 Å². The van der Waals surface area contributed by atoms with Crippen molar-refractivity contribution in [3.05, 3.63) is 70.0 Å². The van der Waals surface area contributed by atoms with Crippen molar-refractivity contribution >= 4 is 5.91 Å². The number of aromatic amines is 1. The van der Waals surface area contributed by atoms with Gasteiger partial charge in [0.1, 0.15) is 35.6 Å². The molecule has 3 aromatic rings. The number of benzene rings is 1. The topological polar surface area (TPSA) is 111 Å². The summed E-state index contributed by atoms with van der Waals surface area (Å²) in [4.78, 5) is 24.7. The Hall–Kier alpha value is -3.56. The molecule has 3 N–H and O–H groups in total. The van der Waals surface area contributed by atoms with Crippen molar-refractivity contribution in [2.75, 3.05) is 0 Å². The van der Waals surface area contributed by atoms with Crippen molar-refractivity contribution < 1.29 is 27.2 Å². The third-order valence-electron chi connectivity index (χ3n) is 3.63. The molecule has 27 heavy (non-hydrogen) atoms. The van der Waals surface area contributed by atoms with Gasteiger partial charge in [-0.2, -0.15) is 13.2 Å². The highest BCUT2D eigenvalue weighted by Crippen LogP contribution is 2.35. The van der Waals surface area contributed by atoms with Crippen LogP contribution < -0.4 is 16.0 Å². The summed E-state index contributed by atoms with van der Waals surface area (Å²) in [6, 6.07) is 8.07. The van der Waals surface area contributed by atoms with Crippen LogP contribution in [-0.2, 0) is 12.8 Å². The lowest BCUT2D eigenvalue weighted by Crippen LogP contribution is -2.27. The average Bonchev–Trinajstić information content (AvgIpc) is 3.13. The molecule has 0 saturated carbocycles. The number of pyridine rings is 1. The van der Waals surface area contributed by atoms with Crippen molar-refractivity contribution in [1.82, 2.24) is 10.1 Å². The fraction of sp³-hybridized carbons (Fsp3) is 0.118. The van der Waals surface area contributed by atoms with E-state index in [0.717, 1.165) is 6.07 Å². The molecule has 1 amide bonds. The molecule has 140 valence electrons. The summed E-state index contributed by atoms with van der Waals surface area (Å²) in [5.74, 6) is -0.742. The molecule has 0 atom stereocenters. The predicted octanol–water partition coefficient (Wildman–Crippen LogP) is 2.73. The zero-order valence-corrected chi connectivity index (χ0v) is 13.5. The Kier molecular flexibility index (Phi) is 4.72. The number of H-pyrrole nitrogens is 1. The fourth-order valence-electron chi connectivity index (χ4n) is 2.36. The number of rotatable bonds is 5. The van der Waals surface area contributed by atoms with Crippen LogP contribution in [0, 0.1) is 0 Å². The first-order chi connectivity index (χ1) is 12.8. The summed E-state index contributed by atoms with van der Waals surface area (Å²) in [7, 11) is 0. The van der Waals surface area contributed by atoms with Crippen LogP contribution in [0.25, 0.3) is 11.1 Å². The SMILES string of the molecule is NC(=O)c1cc(-c2ccc(OCc3ccon3)cc2)c(C(F)(F)F)[nH]c1=O. The first kappa shape index (κ1) is 18.2. The van der Waals surface area contributed by atoms with Gasteiger partial charge in [0.2, 0.25) is 0 Å². The van der Waals surface area contributed by atoms with Gasteiger partial charge in [0.05, 0.1) is 0 Å². The Morgan fingerprint density at radius 1 is 1.22 bits per heavy atom. The minimum Gasteiger partial charge on any atom is -0.487 e. The molecule has 1 aromatic carbocycles. The van der Waals surface area contributed by atoms with Crippen LogP contribution in [0.15, 0.2) is 52.0 Å². The number of carbonyl (C=O) groups excluding carboxylic acids is 1. The molecular formula is C17H12F3N3O4. The van der Waals surface area contributed by atoms with Gasteiger partial charge in [-0.25, -0.2) is 0 Å². The standard InChI is InChI=1S/C17H12F3N3O4/c18-17(19,20)14-12(7-13(15(21)24)16(25)22-14)9-1-3-11(4-2-9)26-8-10-5-6-27-23-10/h1-7H,8H2,(H2,21,24)(H,22,25). The first-order valence-electron chi connectivity index (χ1n) is 7.52. The Labute approximate surface area is 149 Å². The highest BCUT2D eigenvalue weighted by Gasteiger charge is 2.36. The smallest absolute Gasteiger partial charge is 0.431 e. The zero-order valence-electron chi connectivity index (χ0n) is 13.5. The van der Waals surface area contributed by atoms with E-state index in [0.29, 0.717) is 11.4 Å². The quantitative estimate of drug-likeness (QED) is 0.708. The van der Waals surface area contributed by atoms with E-state index in [1.54, 1.807) is 11.1 Å². The van der Waals surface area contributed by atoms with Crippen LogP contribution in [0.3, 0.4) is 0 Å². The number of alkyl halides is 3. The Balaban J connectivity index is 1.95. The summed E-state index contributed by atoms with van der Waals surface area (Å²) >= 11 is 0.